The van der Waals surface area contributed by atoms with E-state index >= 15 is 0 Å². The molecule has 1 aliphatic rings. The summed E-state index contributed by atoms with van der Waals surface area (Å²) in [7, 11) is 16.2. The molecule has 2 amide bonds. The molecule has 1 atom stereocenters. The molecule has 0 bridgehead atoms. The molecule has 1 saturated heterocycles. The second-order valence-corrected chi connectivity index (χ2v) is 3.00. The maximum Gasteiger partial charge on any atom is 0.220 e. The van der Waals surface area contributed by atoms with Crippen LogP contribution in [0.15, 0.2) is 0 Å². The highest BCUT2D eigenvalue weighted by Gasteiger charge is 2.32. The van der Waals surface area contributed by atoms with Crippen molar-refractivity contribution < 1.29 is 9.59 Å². The highest BCUT2D eigenvalue weighted by atomic mass is 16.2. The minimum atomic E-state index is -1.47. The van der Waals surface area contributed by atoms with Gasteiger partial charge in [-0.05, 0) is 5.21 Å². The summed E-state index contributed by atoms with van der Waals surface area (Å²) in [5.41, 5.74) is 0. The van der Waals surface area contributed by atoms with E-state index in [9.17, 15) is 9.59 Å². The molecule has 56 valence electrons. The SMILES string of the molecule is [B]C1CCC([B])([B])C(=O)NC1=O. The lowest BCUT2D eigenvalue weighted by atomic mass is 9.51. The largest absolute Gasteiger partial charge is 0.298 e. The average molecular weight is 157 g/mol. The first-order valence-corrected chi connectivity index (χ1v) is 3.62. The fourth-order valence-corrected chi connectivity index (χ4v) is 0.960. The molecule has 1 fully saturated rings. The average Bonchev–Trinajstić information content (AvgIpc) is 2.05. The van der Waals surface area contributed by atoms with Crippen molar-refractivity contribution in [2.45, 2.75) is 23.9 Å². The maximum absolute atomic E-state index is 11.1. The Labute approximate surface area is 74.9 Å². The van der Waals surface area contributed by atoms with Crippen molar-refractivity contribution in [1.29, 1.82) is 0 Å². The van der Waals surface area contributed by atoms with E-state index in [0.717, 1.165) is 0 Å². The third-order valence-electron chi connectivity index (χ3n) is 1.87. The zero-order valence-electron chi connectivity index (χ0n) is 6.54. The van der Waals surface area contributed by atoms with Gasteiger partial charge in [-0.1, -0.05) is 12.8 Å². The molecule has 1 aliphatic heterocycles. The summed E-state index contributed by atoms with van der Waals surface area (Å²) in [6.45, 7) is 0. The molecule has 1 N–H and O–H groups in total. The third kappa shape index (κ3) is 1.73. The van der Waals surface area contributed by atoms with E-state index in [1.807, 2.05) is 5.32 Å². The van der Waals surface area contributed by atoms with E-state index in [2.05, 4.69) is 0 Å². The zero-order valence-corrected chi connectivity index (χ0v) is 6.54. The number of carbonyl (C=O) groups is 2. The lowest BCUT2D eigenvalue weighted by molar-refractivity contribution is -0.129. The van der Waals surface area contributed by atoms with E-state index in [-0.39, 0.29) is 6.42 Å². The Kier molecular flexibility index (Phi) is 2.35. The summed E-state index contributed by atoms with van der Waals surface area (Å²) in [6, 6.07) is 0. The van der Waals surface area contributed by atoms with Crippen LogP contribution in [0.1, 0.15) is 12.8 Å². The van der Waals surface area contributed by atoms with Crippen LogP contribution in [0, 0.1) is 0 Å². The van der Waals surface area contributed by atoms with Gasteiger partial charge in [-0.25, -0.2) is 0 Å². The summed E-state index contributed by atoms with van der Waals surface area (Å²) in [5, 5.41) is 0.560. The molecule has 0 aromatic heterocycles. The second-order valence-electron chi connectivity index (χ2n) is 3.00. The topological polar surface area (TPSA) is 46.2 Å². The van der Waals surface area contributed by atoms with E-state index in [1.54, 1.807) is 0 Å². The van der Waals surface area contributed by atoms with Gasteiger partial charge in [0, 0.05) is 5.82 Å². The summed E-state index contributed by atoms with van der Waals surface area (Å²) in [5.74, 6) is -1.87. The van der Waals surface area contributed by atoms with Crippen LogP contribution in [0.5, 0.6) is 0 Å². The first kappa shape index (κ1) is 9.42. The number of nitrogens with one attached hydrogen (secondary N) is 1. The lowest BCUT2D eigenvalue weighted by Gasteiger charge is -2.19. The van der Waals surface area contributed by atoms with Gasteiger partial charge in [-0.15, -0.1) is 0 Å². The Hall–Kier alpha value is -0.665. The van der Waals surface area contributed by atoms with Crippen molar-refractivity contribution in [3.8, 4) is 0 Å². The standard InChI is InChI=1S/C6H6B3NO2/c7-3-1-2-6(8,9)5(12)10-4(3)11/h3H,1-2H2,(H,10,11,12). The van der Waals surface area contributed by atoms with Gasteiger partial charge in [0.15, 0.2) is 0 Å². The van der Waals surface area contributed by atoms with Crippen molar-refractivity contribution in [3.05, 3.63) is 0 Å². The predicted octanol–water partition coefficient (Wildman–Crippen LogP) is -1.17. The Morgan fingerprint density at radius 1 is 1.42 bits per heavy atom. The van der Waals surface area contributed by atoms with Crippen molar-refractivity contribution in [1.82, 2.24) is 5.32 Å². The molecule has 0 spiro atoms. The minimum absolute atomic E-state index is 0.214. The van der Waals surface area contributed by atoms with Crippen LogP contribution in [0.2, 0.25) is 11.0 Å². The predicted molar refractivity (Wildman–Crippen MR) is 46.1 cm³/mol. The van der Waals surface area contributed by atoms with Gasteiger partial charge in [0.25, 0.3) is 0 Å². The molecule has 0 saturated carbocycles. The van der Waals surface area contributed by atoms with Crippen LogP contribution in [0.4, 0.5) is 0 Å². The van der Waals surface area contributed by atoms with E-state index in [1.165, 1.54) is 0 Å². The van der Waals surface area contributed by atoms with Crippen molar-refractivity contribution in [2.75, 3.05) is 0 Å². The van der Waals surface area contributed by atoms with E-state index in [4.69, 9.17) is 23.5 Å². The number of imide groups is 1. The van der Waals surface area contributed by atoms with Crippen molar-refractivity contribution >= 4 is 35.4 Å². The Morgan fingerprint density at radius 3 is 2.58 bits per heavy atom. The Morgan fingerprint density at radius 2 is 2.00 bits per heavy atom. The summed E-state index contributed by atoms with van der Waals surface area (Å²) in [4.78, 5) is 22.0. The molecular weight excluding hydrogens is 151 g/mol. The molecule has 6 heteroatoms. The van der Waals surface area contributed by atoms with Crippen molar-refractivity contribution in [2.24, 2.45) is 0 Å². The number of carbonyl (C=O) groups excluding carboxylic acids is 2. The summed E-state index contributed by atoms with van der Waals surface area (Å²) in [6.07, 6.45) is 0.538. The van der Waals surface area contributed by atoms with Crippen LogP contribution >= 0.6 is 0 Å². The number of hydrogen-bond donors (Lipinski definition) is 1. The van der Waals surface area contributed by atoms with Crippen LogP contribution in [-0.4, -0.2) is 35.4 Å². The number of amides is 2. The first-order valence-electron chi connectivity index (χ1n) is 3.62. The van der Waals surface area contributed by atoms with Crippen molar-refractivity contribution in [3.63, 3.8) is 0 Å². The van der Waals surface area contributed by atoms with Crippen LogP contribution < -0.4 is 5.32 Å². The number of hydrogen-bond acceptors (Lipinski definition) is 2. The molecule has 1 unspecified atom stereocenters. The van der Waals surface area contributed by atoms with Gasteiger partial charge in [0.05, 0.1) is 23.5 Å². The van der Waals surface area contributed by atoms with E-state index < -0.39 is 22.8 Å². The number of rotatable bonds is 0. The fourth-order valence-electron chi connectivity index (χ4n) is 0.960. The van der Waals surface area contributed by atoms with Gasteiger partial charge in [0.2, 0.25) is 11.8 Å². The molecule has 12 heavy (non-hydrogen) atoms. The van der Waals surface area contributed by atoms with Gasteiger partial charge in [-0.2, -0.15) is 0 Å². The third-order valence-corrected chi connectivity index (χ3v) is 1.87. The van der Waals surface area contributed by atoms with Gasteiger partial charge >= 0.3 is 0 Å². The molecule has 1 heterocycles. The first-order chi connectivity index (χ1) is 5.43. The van der Waals surface area contributed by atoms with Crippen LogP contribution in [0.25, 0.3) is 0 Å². The summed E-state index contributed by atoms with van der Waals surface area (Å²) >= 11 is 0. The van der Waals surface area contributed by atoms with Gasteiger partial charge in [0.1, 0.15) is 0 Å². The highest BCUT2D eigenvalue weighted by Crippen LogP contribution is 2.29. The molecule has 3 nitrogen and oxygen atoms in total. The molecule has 0 aromatic rings. The molecule has 6 radical (unpaired) electrons. The minimum Gasteiger partial charge on any atom is -0.298 e. The Balaban J connectivity index is 2.80. The highest BCUT2D eigenvalue weighted by molar-refractivity contribution is 6.51. The monoisotopic (exact) mass is 157 g/mol. The van der Waals surface area contributed by atoms with Gasteiger partial charge in [-0.3, -0.25) is 14.9 Å². The Bertz CT molecular complexity index is 229. The lowest BCUT2D eigenvalue weighted by Crippen LogP contribution is -2.38. The molecular formula is C6H6B3NO2. The van der Waals surface area contributed by atoms with Crippen LogP contribution in [-0.2, 0) is 9.59 Å². The molecule has 1 rings (SSSR count). The normalized spacial score (nSPS) is 29.2. The second kappa shape index (κ2) is 3.00. The van der Waals surface area contributed by atoms with Gasteiger partial charge < -0.3 is 0 Å². The molecule has 0 aromatic carbocycles. The quantitative estimate of drug-likeness (QED) is 0.355. The van der Waals surface area contributed by atoms with Crippen LogP contribution in [0.3, 0.4) is 0 Å². The molecule has 0 aliphatic carbocycles. The fraction of sp³-hybridized carbons (Fsp3) is 0.667. The zero-order chi connectivity index (χ0) is 9.35. The maximum atomic E-state index is 11.1. The summed E-state index contributed by atoms with van der Waals surface area (Å²) < 4.78 is 0. The smallest absolute Gasteiger partial charge is 0.220 e. The van der Waals surface area contributed by atoms with E-state index in [0.29, 0.717) is 6.42 Å².